The molecule has 0 saturated carbocycles. The van der Waals surface area contributed by atoms with Gasteiger partial charge in [0.25, 0.3) is 0 Å². The number of pyridine rings is 1. The summed E-state index contributed by atoms with van der Waals surface area (Å²) in [6, 6.07) is 12.4. The summed E-state index contributed by atoms with van der Waals surface area (Å²) in [7, 11) is 0. The van der Waals surface area contributed by atoms with Gasteiger partial charge in [-0.1, -0.05) is 62.3 Å². The maximum atomic E-state index is 11.7. The van der Waals surface area contributed by atoms with Crippen LogP contribution in [0.25, 0.3) is 31.1 Å². The zero-order valence-corrected chi connectivity index (χ0v) is 32.2. The van der Waals surface area contributed by atoms with Crippen molar-refractivity contribution in [2.75, 3.05) is 0 Å². The smallest absolute Gasteiger partial charge is 0.162 e. The minimum Gasteiger partial charge on any atom is -0.512 e. The molecule has 0 aliphatic heterocycles. The average molecular weight is 809 g/mol. The van der Waals surface area contributed by atoms with E-state index in [-0.39, 0.29) is 43.5 Å². The number of thiophene rings is 2. The summed E-state index contributed by atoms with van der Waals surface area (Å²) in [4.78, 5) is 19.2. The quantitative estimate of drug-likeness (QED) is 0.0986. The fraction of sp³-hybridized carbons (Fsp3) is 0.474. The third-order valence-electron chi connectivity index (χ3n) is 7.95. The van der Waals surface area contributed by atoms with Crippen LogP contribution >= 0.6 is 22.7 Å². The van der Waals surface area contributed by atoms with Gasteiger partial charge in [-0.3, -0.25) is 4.79 Å². The summed E-state index contributed by atoms with van der Waals surface area (Å²) < 4.78 is 1.27. The number of hydrogen-bond acceptors (Lipinski definition) is 5. The van der Waals surface area contributed by atoms with Crippen LogP contribution in [0.15, 0.2) is 47.7 Å². The van der Waals surface area contributed by atoms with Gasteiger partial charge in [0.2, 0.25) is 0 Å². The predicted octanol–water partition coefficient (Wildman–Crippen LogP) is 11.9. The third-order valence-corrected chi connectivity index (χ3v) is 10.4. The van der Waals surface area contributed by atoms with Crippen molar-refractivity contribution in [1.29, 1.82) is 0 Å². The van der Waals surface area contributed by atoms with Crippen molar-refractivity contribution in [2.45, 2.75) is 101 Å². The molecule has 241 valence electrons. The number of aliphatic hydroxyl groups excluding tert-OH is 1. The molecule has 0 bridgehead atoms. The molecule has 1 radical (unpaired) electrons. The van der Waals surface area contributed by atoms with Crippen molar-refractivity contribution in [1.82, 2.24) is 4.98 Å². The average Bonchev–Trinajstić information content (AvgIpc) is 3.52. The summed E-state index contributed by atoms with van der Waals surface area (Å²) in [5, 5.41) is 13.4. The fourth-order valence-corrected chi connectivity index (χ4v) is 7.97. The fourth-order valence-electron chi connectivity index (χ4n) is 5.58. The first kappa shape index (κ1) is 38.1. The molecule has 1 N–H and O–H groups in total. The Bertz CT molecular complexity index is 1530. The number of benzene rings is 1. The van der Waals surface area contributed by atoms with E-state index in [2.05, 4.69) is 77.3 Å². The van der Waals surface area contributed by atoms with Crippen molar-refractivity contribution in [3.63, 3.8) is 0 Å². The molecule has 0 amide bonds. The van der Waals surface area contributed by atoms with E-state index in [1.165, 1.54) is 42.6 Å². The van der Waals surface area contributed by atoms with Crippen molar-refractivity contribution < 1.29 is 30.0 Å². The maximum absolute atomic E-state index is 11.7. The topological polar surface area (TPSA) is 50.2 Å². The Morgan fingerprint density at radius 3 is 2.20 bits per heavy atom. The van der Waals surface area contributed by atoms with Crippen molar-refractivity contribution >= 4 is 38.5 Å². The van der Waals surface area contributed by atoms with Gasteiger partial charge in [-0.15, -0.1) is 57.6 Å². The number of aromatic nitrogens is 1. The van der Waals surface area contributed by atoms with Gasteiger partial charge in [0.1, 0.15) is 0 Å². The van der Waals surface area contributed by atoms with Gasteiger partial charge >= 0.3 is 0 Å². The SMILES string of the molecule is CCC(CC)C(=O)/C=C(\O)C(CC)CC.Cc1[c-]c(-c2nccc3c(C)c(-c4cc(CC(C)(C)C)cs4)sc23)cc(C)c1.[Ir]. The summed E-state index contributed by atoms with van der Waals surface area (Å²) in [5.74, 6) is 0.547. The van der Waals surface area contributed by atoms with Crippen LogP contribution in [0.5, 0.6) is 0 Å². The number of nitrogens with zero attached hydrogens (tertiary/aromatic N) is 1. The van der Waals surface area contributed by atoms with Gasteiger partial charge in [-0.2, -0.15) is 0 Å². The first-order valence-corrected chi connectivity index (χ1v) is 17.4. The molecular formula is C38H50IrNO2S2-. The van der Waals surface area contributed by atoms with Gasteiger partial charge in [-0.05, 0) is 78.5 Å². The minimum absolute atomic E-state index is 0. The number of hydrogen-bond donors (Lipinski definition) is 1. The number of aliphatic hydroxyl groups is 1. The monoisotopic (exact) mass is 809 g/mol. The van der Waals surface area contributed by atoms with Crippen molar-refractivity contribution in [2.24, 2.45) is 17.3 Å². The summed E-state index contributed by atoms with van der Waals surface area (Å²) in [5.41, 5.74) is 7.66. The molecule has 0 saturated heterocycles. The van der Waals surface area contributed by atoms with Crippen LogP contribution in [0, 0.1) is 44.1 Å². The number of allylic oxidation sites excluding steroid dienone is 2. The molecular weight excluding hydrogens is 759 g/mol. The Kier molecular flexibility index (Phi) is 14.7. The molecule has 0 unspecified atom stereocenters. The van der Waals surface area contributed by atoms with Gasteiger partial charge in [-0.25, -0.2) is 0 Å². The number of rotatable bonds is 10. The van der Waals surface area contributed by atoms with Crippen LogP contribution in [0.1, 0.15) is 96.4 Å². The van der Waals surface area contributed by atoms with Gasteiger partial charge < -0.3 is 10.1 Å². The number of carbonyl (C=O) groups is 1. The molecule has 3 heterocycles. The first-order valence-electron chi connectivity index (χ1n) is 15.7. The third kappa shape index (κ3) is 9.94. The Labute approximate surface area is 287 Å². The van der Waals surface area contributed by atoms with Gasteiger partial charge in [0.05, 0.1) is 5.76 Å². The minimum atomic E-state index is 0. The largest absolute Gasteiger partial charge is 0.512 e. The molecule has 4 aromatic rings. The second-order valence-corrected chi connectivity index (χ2v) is 14.8. The summed E-state index contributed by atoms with van der Waals surface area (Å²) in [6.07, 6.45) is 7.95. The molecule has 0 fully saturated rings. The van der Waals surface area contributed by atoms with E-state index in [1.807, 2.05) is 56.6 Å². The molecule has 1 aromatic carbocycles. The molecule has 0 aliphatic carbocycles. The Hall–Kier alpha value is -2.11. The number of carbonyl (C=O) groups excluding carboxylic acids is 1. The molecule has 0 atom stereocenters. The molecule has 44 heavy (non-hydrogen) atoms. The van der Waals surface area contributed by atoms with Gasteiger partial charge in [0, 0.05) is 64.4 Å². The normalized spacial score (nSPS) is 12.0. The van der Waals surface area contributed by atoms with Crippen LogP contribution in [-0.2, 0) is 31.3 Å². The van der Waals surface area contributed by atoms with Gasteiger partial charge in [0.15, 0.2) is 5.78 Å². The standard InChI is InChI=1S/C25H26NS2.C13H24O2.Ir/c1-15-9-16(2)11-19(10-15)22-24-20(7-8-26-22)17(3)23(28-24)21-12-18(14-27-21)13-25(4,5)6;1-5-10(6-2)12(14)9-13(15)11(7-3)8-4;/h7-10,12,14H,13H2,1-6H3;9-11,14H,5-8H2,1-4H3;/q-1;;/b;12-9-;. The molecule has 0 spiro atoms. The van der Waals surface area contributed by atoms with E-state index in [9.17, 15) is 9.90 Å². The van der Waals surface area contributed by atoms with E-state index in [0.717, 1.165) is 48.9 Å². The Balaban J connectivity index is 0.000000363. The van der Waals surface area contributed by atoms with Crippen molar-refractivity contribution in [3.8, 4) is 21.0 Å². The predicted molar refractivity (Wildman–Crippen MR) is 188 cm³/mol. The Morgan fingerprint density at radius 1 is 1.00 bits per heavy atom. The molecule has 3 aromatic heterocycles. The van der Waals surface area contributed by atoms with Crippen LogP contribution in [0.3, 0.4) is 0 Å². The molecule has 3 nitrogen and oxygen atoms in total. The number of fused-ring (bicyclic) bond motifs is 1. The zero-order chi connectivity index (χ0) is 31.9. The second kappa shape index (κ2) is 17.0. The second-order valence-electron chi connectivity index (χ2n) is 12.9. The van der Waals surface area contributed by atoms with E-state index in [0.29, 0.717) is 5.41 Å². The van der Waals surface area contributed by atoms with E-state index >= 15 is 0 Å². The summed E-state index contributed by atoms with van der Waals surface area (Å²) in [6.45, 7) is 21.4. The number of aryl methyl sites for hydroxylation is 3. The van der Waals surface area contributed by atoms with E-state index in [1.54, 1.807) is 0 Å². The van der Waals surface area contributed by atoms with Crippen LogP contribution < -0.4 is 0 Å². The Morgan fingerprint density at radius 2 is 1.64 bits per heavy atom. The van der Waals surface area contributed by atoms with Crippen molar-refractivity contribution in [3.05, 3.63) is 76.0 Å². The molecule has 6 heteroatoms. The molecule has 4 rings (SSSR count). The van der Waals surface area contributed by atoms with Crippen LogP contribution in [0.4, 0.5) is 0 Å². The molecule has 0 aliphatic rings. The van der Waals surface area contributed by atoms with E-state index < -0.39 is 0 Å². The van der Waals surface area contributed by atoms with Crippen LogP contribution in [0.2, 0.25) is 0 Å². The summed E-state index contributed by atoms with van der Waals surface area (Å²) >= 11 is 3.73. The first-order chi connectivity index (χ1) is 20.3. The zero-order valence-electron chi connectivity index (χ0n) is 28.2. The van der Waals surface area contributed by atoms with E-state index in [4.69, 9.17) is 4.98 Å². The maximum Gasteiger partial charge on any atom is 0.162 e. The van der Waals surface area contributed by atoms with Crippen LogP contribution in [-0.4, -0.2) is 15.9 Å². The number of ketones is 1.